The van der Waals surface area contributed by atoms with Crippen molar-refractivity contribution in [3.05, 3.63) is 53.6 Å². The van der Waals surface area contributed by atoms with Gasteiger partial charge in [0.25, 0.3) is 0 Å². The number of benzene rings is 3. The predicted octanol–water partition coefficient (Wildman–Crippen LogP) is 6.31. The largest absolute Gasteiger partial charge is 0.493 e. The van der Waals surface area contributed by atoms with Gasteiger partial charge in [-0.1, -0.05) is 39.7 Å². The topological polar surface area (TPSA) is 83.1 Å². The van der Waals surface area contributed by atoms with Crippen molar-refractivity contribution in [3.8, 4) is 51.7 Å². The zero-order chi connectivity index (χ0) is 29.1. The molecule has 0 radical (unpaired) electrons. The van der Waals surface area contributed by atoms with E-state index in [2.05, 4.69) is 15.9 Å². The number of ether oxygens (including phenoxy) is 9. The molecule has 0 atom stereocenters. The Labute approximate surface area is 248 Å². The lowest BCUT2D eigenvalue weighted by Gasteiger charge is -2.32. The van der Waals surface area contributed by atoms with Crippen LogP contribution in [0.15, 0.2) is 48.5 Å². The molecule has 0 aliphatic rings. The molecule has 0 unspecified atom stereocenters. The van der Waals surface area contributed by atoms with Crippen molar-refractivity contribution in [1.82, 2.24) is 0 Å². The lowest BCUT2D eigenvalue weighted by molar-refractivity contribution is 0.0517. The number of halogens is 2. The number of alkyl halides is 1. The van der Waals surface area contributed by atoms with Crippen LogP contribution in [0, 0.1) is 5.41 Å². The highest BCUT2D eigenvalue weighted by Gasteiger charge is 2.34. The Kier molecular flexibility index (Phi) is 11.6. The molecule has 0 aliphatic heterocycles. The molecule has 3 rings (SSSR count). The highest BCUT2D eigenvalue weighted by molar-refractivity contribution is 9.09. The summed E-state index contributed by atoms with van der Waals surface area (Å²) in [6.45, 7) is 0.619. The molecule has 40 heavy (non-hydrogen) atoms. The molecular formula is C29H34BrClO9. The quantitative estimate of drug-likeness (QED) is 0.167. The molecule has 218 valence electrons. The summed E-state index contributed by atoms with van der Waals surface area (Å²) in [4.78, 5) is 0. The minimum atomic E-state index is -0.681. The van der Waals surface area contributed by atoms with E-state index in [4.69, 9.17) is 54.2 Å². The van der Waals surface area contributed by atoms with E-state index in [9.17, 15) is 0 Å². The van der Waals surface area contributed by atoms with Crippen LogP contribution in [0.1, 0.15) is 0 Å². The molecule has 3 aromatic rings. The average Bonchev–Trinajstić information content (AvgIpc) is 3.00. The van der Waals surface area contributed by atoms with E-state index in [1.165, 1.54) is 0 Å². The van der Waals surface area contributed by atoms with Crippen molar-refractivity contribution in [2.45, 2.75) is 0 Å². The predicted molar refractivity (Wildman–Crippen MR) is 156 cm³/mol. The fraction of sp³-hybridized carbons (Fsp3) is 0.379. The second kappa shape index (κ2) is 14.9. The van der Waals surface area contributed by atoms with Crippen LogP contribution in [0.2, 0.25) is 5.02 Å². The Bertz CT molecular complexity index is 1140. The first-order valence-corrected chi connectivity index (χ1v) is 13.7. The molecule has 0 aliphatic carbocycles. The Morgan fingerprint density at radius 1 is 0.575 bits per heavy atom. The molecule has 0 bridgehead atoms. The van der Waals surface area contributed by atoms with Crippen molar-refractivity contribution in [3.63, 3.8) is 0 Å². The molecule has 0 saturated carbocycles. The van der Waals surface area contributed by atoms with Gasteiger partial charge >= 0.3 is 0 Å². The maximum absolute atomic E-state index is 6.35. The van der Waals surface area contributed by atoms with E-state index in [1.54, 1.807) is 79.1 Å². The van der Waals surface area contributed by atoms with Crippen molar-refractivity contribution in [2.75, 3.05) is 67.8 Å². The van der Waals surface area contributed by atoms with Gasteiger partial charge in [0, 0.05) is 29.6 Å². The number of para-hydroxylation sites is 1. The monoisotopic (exact) mass is 640 g/mol. The van der Waals surface area contributed by atoms with Crippen LogP contribution in [0.5, 0.6) is 51.7 Å². The summed E-state index contributed by atoms with van der Waals surface area (Å²) in [7, 11) is 9.28. The Balaban J connectivity index is 1.91. The first kappa shape index (κ1) is 31.2. The summed E-state index contributed by atoms with van der Waals surface area (Å²) < 4.78 is 51.4. The molecule has 0 fully saturated rings. The minimum Gasteiger partial charge on any atom is -0.493 e. The number of hydrogen-bond acceptors (Lipinski definition) is 9. The van der Waals surface area contributed by atoms with E-state index < -0.39 is 5.41 Å². The standard InChI is InChI=1S/C29H34BrClO9/c1-32-23-11-19(12-24(33-2)27(23)36-5)38-16-29(15-30,18-40-22-10-8-7-9-21(22)31)17-39-20-13-25(34-3)28(37-6)26(14-20)35-4/h7-14H,15-18H2,1-6H3. The van der Waals surface area contributed by atoms with Gasteiger partial charge in [0.2, 0.25) is 11.5 Å². The zero-order valence-electron chi connectivity index (χ0n) is 23.4. The molecule has 0 saturated heterocycles. The molecule has 0 aromatic heterocycles. The number of methoxy groups -OCH3 is 6. The summed E-state index contributed by atoms with van der Waals surface area (Å²) >= 11 is 10.0. The molecule has 9 nitrogen and oxygen atoms in total. The summed E-state index contributed by atoms with van der Waals surface area (Å²) in [5.41, 5.74) is -0.681. The van der Waals surface area contributed by atoms with Crippen LogP contribution in [0.3, 0.4) is 0 Å². The van der Waals surface area contributed by atoms with Gasteiger partial charge in [-0.15, -0.1) is 0 Å². The molecule has 0 spiro atoms. The van der Waals surface area contributed by atoms with Crippen LogP contribution in [-0.2, 0) is 0 Å². The second-order valence-corrected chi connectivity index (χ2v) is 9.62. The first-order valence-electron chi connectivity index (χ1n) is 12.2. The number of hydrogen-bond donors (Lipinski definition) is 0. The lowest BCUT2D eigenvalue weighted by Crippen LogP contribution is -2.42. The summed E-state index contributed by atoms with van der Waals surface area (Å²) in [5.74, 6) is 4.42. The van der Waals surface area contributed by atoms with Crippen molar-refractivity contribution < 1.29 is 42.6 Å². The fourth-order valence-electron chi connectivity index (χ4n) is 3.79. The summed E-state index contributed by atoms with van der Waals surface area (Å²) in [5, 5.41) is 0.973. The lowest BCUT2D eigenvalue weighted by atomic mass is 9.94. The van der Waals surface area contributed by atoms with E-state index >= 15 is 0 Å². The smallest absolute Gasteiger partial charge is 0.203 e. The van der Waals surface area contributed by atoms with Crippen molar-refractivity contribution in [2.24, 2.45) is 5.41 Å². The molecule has 0 N–H and O–H groups in total. The van der Waals surface area contributed by atoms with Gasteiger partial charge in [0.05, 0.1) is 53.1 Å². The zero-order valence-corrected chi connectivity index (χ0v) is 25.7. The Hall–Kier alpha value is -3.37. The van der Waals surface area contributed by atoms with Gasteiger partial charge in [-0.05, 0) is 12.1 Å². The Morgan fingerprint density at radius 3 is 1.32 bits per heavy atom. The van der Waals surface area contributed by atoms with Gasteiger partial charge in [-0.25, -0.2) is 0 Å². The van der Waals surface area contributed by atoms with E-state index in [0.29, 0.717) is 62.1 Å². The first-order chi connectivity index (χ1) is 19.4. The summed E-state index contributed by atoms with van der Waals surface area (Å²) in [6.07, 6.45) is 0. The van der Waals surface area contributed by atoms with Crippen LogP contribution in [0.4, 0.5) is 0 Å². The van der Waals surface area contributed by atoms with Gasteiger partial charge in [-0.3, -0.25) is 0 Å². The van der Waals surface area contributed by atoms with E-state index in [1.807, 2.05) is 12.1 Å². The van der Waals surface area contributed by atoms with Gasteiger partial charge in [0.1, 0.15) is 37.1 Å². The Morgan fingerprint density at radius 2 is 0.975 bits per heavy atom. The fourth-order valence-corrected chi connectivity index (χ4v) is 4.46. The summed E-state index contributed by atoms with van der Waals surface area (Å²) in [6, 6.07) is 14.2. The SMILES string of the molecule is COc1cc(OCC(CBr)(COc2cc(OC)c(OC)c(OC)c2)COc2ccccc2Cl)cc(OC)c1OC. The third-order valence-corrected chi connectivity index (χ3v) is 7.52. The van der Waals surface area contributed by atoms with Gasteiger partial charge in [-0.2, -0.15) is 0 Å². The molecule has 0 amide bonds. The average molecular weight is 642 g/mol. The van der Waals surface area contributed by atoms with Crippen molar-refractivity contribution in [1.29, 1.82) is 0 Å². The van der Waals surface area contributed by atoms with Gasteiger partial charge in [0.15, 0.2) is 23.0 Å². The number of rotatable bonds is 16. The van der Waals surface area contributed by atoms with Crippen LogP contribution in [0.25, 0.3) is 0 Å². The third-order valence-electron chi connectivity index (χ3n) is 6.02. The maximum Gasteiger partial charge on any atom is 0.203 e. The highest BCUT2D eigenvalue weighted by Crippen LogP contribution is 2.43. The van der Waals surface area contributed by atoms with E-state index in [0.717, 1.165) is 0 Å². The van der Waals surface area contributed by atoms with Gasteiger partial charge < -0.3 is 42.6 Å². The van der Waals surface area contributed by atoms with Crippen LogP contribution < -0.4 is 42.6 Å². The molecule has 3 aromatic carbocycles. The van der Waals surface area contributed by atoms with Crippen LogP contribution >= 0.6 is 27.5 Å². The minimum absolute atomic E-state index is 0.200. The third kappa shape index (κ3) is 7.42. The highest BCUT2D eigenvalue weighted by atomic mass is 79.9. The maximum atomic E-state index is 6.35. The van der Waals surface area contributed by atoms with Crippen LogP contribution in [-0.4, -0.2) is 67.8 Å². The van der Waals surface area contributed by atoms with E-state index in [-0.39, 0.29) is 19.8 Å². The molecular weight excluding hydrogens is 608 g/mol. The molecule has 0 heterocycles. The normalized spacial score (nSPS) is 10.9. The van der Waals surface area contributed by atoms with Crippen molar-refractivity contribution >= 4 is 27.5 Å². The molecule has 11 heteroatoms. The second-order valence-electron chi connectivity index (χ2n) is 8.65.